The highest BCUT2D eigenvalue weighted by Crippen LogP contribution is 2.29. The van der Waals surface area contributed by atoms with Gasteiger partial charge >= 0.3 is 0 Å². The van der Waals surface area contributed by atoms with Crippen LogP contribution >= 0.6 is 15.9 Å². The molecule has 0 unspecified atom stereocenters. The van der Waals surface area contributed by atoms with Gasteiger partial charge in [-0.05, 0) is 40.9 Å². The molecule has 2 rings (SSSR count). The van der Waals surface area contributed by atoms with Gasteiger partial charge in [0.05, 0.1) is 4.90 Å². The van der Waals surface area contributed by atoms with E-state index in [2.05, 4.69) is 15.9 Å². The van der Waals surface area contributed by atoms with E-state index in [-0.39, 0.29) is 6.04 Å². The Morgan fingerprint density at radius 2 is 2.12 bits per heavy atom. The minimum absolute atomic E-state index is 0.0629. The van der Waals surface area contributed by atoms with Gasteiger partial charge in [-0.25, -0.2) is 8.42 Å². The molecule has 94 valence electrons. The molecule has 1 aliphatic rings. The standard InChI is InChI=1S/C11H15BrN2O2S/c12-10-5-1-2-6-11(10)17(15,16)14-7-3-4-9(14)8-13/h1-2,5-6,9H,3-4,7-8,13H2/t9-/m1/s1. The molecule has 17 heavy (non-hydrogen) atoms. The molecule has 4 nitrogen and oxygen atoms in total. The minimum atomic E-state index is -3.42. The summed E-state index contributed by atoms with van der Waals surface area (Å²) in [6, 6.07) is 6.82. The smallest absolute Gasteiger partial charge is 0.244 e. The summed E-state index contributed by atoms with van der Waals surface area (Å²) in [5.41, 5.74) is 5.62. The molecular formula is C11H15BrN2O2S. The summed E-state index contributed by atoms with van der Waals surface area (Å²) >= 11 is 3.28. The summed E-state index contributed by atoms with van der Waals surface area (Å²) in [4.78, 5) is 0.320. The van der Waals surface area contributed by atoms with E-state index in [1.807, 2.05) is 0 Å². The molecule has 1 aromatic rings. The Morgan fingerprint density at radius 1 is 1.41 bits per heavy atom. The van der Waals surface area contributed by atoms with E-state index in [1.165, 1.54) is 4.31 Å². The lowest BCUT2D eigenvalue weighted by atomic mass is 10.2. The molecule has 0 spiro atoms. The van der Waals surface area contributed by atoms with Crippen molar-refractivity contribution < 1.29 is 8.42 Å². The zero-order valence-electron chi connectivity index (χ0n) is 9.34. The second-order valence-electron chi connectivity index (χ2n) is 4.08. The number of hydrogen-bond acceptors (Lipinski definition) is 3. The summed E-state index contributed by atoms with van der Waals surface area (Å²) in [6.07, 6.45) is 1.73. The van der Waals surface area contributed by atoms with Crippen LogP contribution in [0, 0.1) is 0 Å². The van der Waals surface area contributed by atoms with E-state index < -0.39 is 10.0 Å². The first-order valence-electron chi connectivity index (χ1n) is 5.54. The summed E-state index contributed by atoms with van der Waals surface area (Å²) < 4.78 is 27.1. The molecule has 1 aromatic carbocycles. The van der Waals surface area contributed by atoms with Crippen LogP contribution in [-0.2, 0) is 10.0 Å². The third-order valence-corrected chi connectivity index (χ3v) is 5.98. The van der Waals surface area contributed by atoms with Crippen LogP contribution in [0.1, 0.15) is 12.8 Å². The molecule has 0 saturated carbocycles. The molecule has 0 radical (unpaired) electrons. The third-order valence-electron chi connectivity index (χ3n) is 3.02. The summed E-state index contributed by atoms with van der Waals surface area (Å²) in [6.45, 7) is 0.940. The molecule has 2 N–H and O–H groups in total. The van der Waals surface area contributed by atoms with E-state index in [0.29, 0.717) is 22.5 Å². The SMILES string of the molecule is NC[C@H]1CCCN1S(=O)(=O)c1ccccc1Br. The van der Waals surface area contributed by atoms with Crippen molar-refractivity contribution in [1.82, 2.24) is 4.31 Å². The Morgan fingerprint density at radius 3 is 2.76 bits per heavy atom. The maximum Gasteiger partial charge on any atom is 0.244 e. The third kappa shape index (κ3) is 2.40. The van der Waals surface area contributed by atoms with Crippen molar-refractivity contribution in [2.45, 2.75) is 23.8 Å². The van der Waals surface area contributed by atoms with Crippen LogP contribution in [0.4, 0.5) is 0 Å². The highest BCUT2D eigenvalue weighted by Gasteiger charge is 2.35. The fourth-order valence-electron chi connectivity index (χ4n) is 2.14. The number of benzene rings is 1. The van der Waals surface area contributed by atoms with Crippen LogP contribution in [-0.4, -0.2) is 31.9 Å². The number of rotatable bonds is 3. The Labute approximate surface area is 110 Å². The number of nitrogens with two attached hydrogens (primary N) is 1. The molecule has 1 heterocycles. The van der Waals surface area contributed by atoms with Crippen LogP contribution < -0.4 is 5.73 Å². The maximum absolute atomic E-state index is 12.5. The monoisotopic (exact) mass is 318 g/mol. The van der Waals surface area contributed by atoms with Gasteiger partial charge in [-0.15, -0.1) is 0 Å². The van der Waals surface area contributed by atoms with Crippen molar-refractivity contribution >= 4 is 26.0 Å². The molecule has 1 fully saturated rings. The summed E-state index contributed by atoms with van der Waals surface area (Å²) in [5.74, 6) is 0. The van der Waals surface area contributed by atoms with Gasteiger partial charge < -0.3 is 5.73 Å². The van der Waals surface area contributed by atoms with Crippen LogP contribution in [0.2, 0.25) is 0 Å². The topological polar surface area (TPSA) is 63.4 Å². The largest absolute Gasteiger partial charge is 0.329 e. The van der Waals surface area contributed by atoms with Crippen LogP contribution in [0.25, 0.3) is 0 Å². The molecule has 1 atom stereocenters. The van der Waals surface area contributed by atoms with Crippen LogP contribution in [0.3, 0.4) is 0 Å². The molecule has 0 aliphatic carbocycles. The maximum atomic E-state index is 12.5. The van der Waals surface area contributed by atoms with Crippen LogP contribution in [0.5, 0.6) is 0 Å². The molecule has 1 saturated heterocycles. The minimum Gasteiger partial charge on any atom is -0.329 e. The lowest BCUT2D eigenvalue weighted by Crippen LogP contribution is -2.39. The Bertz CT molecular complexity index is 504. The quantitative estimate of drug-likeness (QED) is 0.920. The van der Waals surface area contributed by atoms with Gasteiger partial charge in [-0.1, -0.05) is 12.1 Å². The Kier molecular flexibility index (Phi) is 3.87. The zero-order chi connectivity index (χ0) is 12.5. The average molecular weight is 319 g/mol. The second-order valence-corrected chi connectivity index (χ2v) is 6.79. The van der Waals surface area contributed by atoms with Crippen molar-refractivity contribution in [2.75, 3.05) is 13.1 Å². The van der Waals surface area contributed by atoms with Gasteiger partial charge in [0.15, 0.2) is 0 Å². The van der Waals surface area contributed by atoms with Crippen molar-refractivity contribution in [3.63, 3.8) is 0 Å². The van der Waals surface area contributed by atoms with Crippen molar-refractivity contribution in [1.29, 1.82) is 0 Å². The van der Waals surface area contributed by atoms with Crippen molar-refractivity contribution in [3.8, 4) is 0 Å². The Hall–Kier alpha value is -0.430. The predicted molar refractivity (Wildman–Crippen MR) is 70.1 cm³/mol. The van der Waals surface area contributed by atoms with Crippen LogP contribution in [0.15, 0.2) is 33.6 Å². The first-order valence-corrected chi connectivity index (χ1v) is 7.77. The molecule has 0 amide bonds. The first-order chi connectivity index (χ1) is 8.07. The van der Waals surface area contributed by atoms with E-state index >= 15 is 0 Å². The van der Waals surface area contributed by atoms with Gasteiger partial charge in [-0.2, -0.15) is 4.31 Å². The fraction of sp³-hybridized carbons (Fsp3) is 0.455. The zero-order valence-corrected chi connectivity index (χ0v) is 11.7. The highest BCUT2D eigenvalue weighted by atomic mass is 79.9. The summed E-state index contributed by atoms with van der Waals surface area (Å²) in [7, 11) is -3.42. The fourth-order valence-corrected chi connectivity index (χ4v) is 4.81. The van der Waals surface area contributed by atoms with E-state index in [4.69, 9.17) is 5.73 Å². The van der Waals surface area contributed by atoms with Gasteiger partial charge in [0.25, 0.3) is 0 Å². The van der Waals surface area contributed by atoms with Gasteiger partial charge in [0.1, 0.15) is 0 Å². The molecule has 0 bridgehead atoms. The number of nitrogens with zero attached hydrogens (tertiary/aromatic N) is 1. The summed E-state index contributed by atoms with van der Waals surface area (Å²) in [5, 5.41) is 0. The molecule has 0 aromatic heterocycles. The number of halogens is 1. The average Bonchev–Trinajstić information content (AvgIpc) is 2.78. The first kappa shape index (κ1) is 13.0. The van der Waals surface area contributed by atoms with Gasteiger partial charge in [0, 0.05) is 23.6 Å². The lowest BCUT2D eigenvalue weighted by molar-refractivity contribution is 0.393. The van der Waals surface area contributed by atoms with Gasteiger partial charge in [-0.3, -0.25) is 0 Å². The van der Waals surface area contributed by atoms with E-state index in [0.717, 1.165) is 12.8 Å². The van der Waals surface area contributed by atoms with E-state index in [9.17, 15) is 8.42 Å². The predicted octanol–water partition coefficient (Wildman–Crippen LogP) is 1.56. The van der Waals surface area contributed by atoms with Gasteiger partial charge in [0.2, 0.25) is 10.0 Å². The van der Waals surface area contributed by atoms with Crippen molar-refractivity contribution in [2.24, 2.45) is 5.73 Å². The molecule has 1 aliphatic heterocycles. The normalized spacial score (nSPS) is 21.9. The molecule has 6 heteroatoms. The lowest BCUT2D eigenvalue weighted by Gasteiger charge is -2.23. The number of sulfonamides is 1. The highest BCUT2D eigenvalue weighted by molar-refractivity contribution is 9.10. The number of hydrogen-bond donors (Lipinski definition) is 1. The second kappa shape index (κ2) is 5.06. The Balaban J connectivity index is 2.40. The van der Waals surface area contributed by atoms with E-state index in [1.54, 1.807) is 24.3 Å². The molecular weight excluding hydrogens is 304 g/mol. The van der Waals surface area contributed by atoms with Crippen molar-refractivity contribution in [3.05, 3.63) is 28.7 Å².